The summed E-state index contributed by atoms with van der Waals surface area (Å²) in [5.74, 6) is 1.36. The van der Waals surface area contributed by atoms with Crippen LogP contribution < -0.4 is 10.6 Å². The van der Waals surface area contributed by atoms with Crippen molar-refractivity contribution in [1.29, 1.82) is 0 Å². The van der Waals surface area contributed by atoms with Crippen LogP contribution in [-0.2, 0) is 7.05 Å². The first-order valence-corrected chi connectivity index (χ1v) is 6.81. The third-order valence-electron chi connectivity index (χ3n) is 3.53. The van der Waals surface area contributed by atoms with E-state index < -0.39 is 0 Å². The number of nitrogens with one attached hydrogen (secondary N) is 2. The lowest BCUT2D eigenvalue weighted by atomic mass is 10.1. The van der Waals surface area contributed by atoms with E-state index in [4.69, 9.17) is 0 Å². The Bertz CT molecular complexity index is 785. The van der Waals surface area contributed by atoms with Crippen molar-refractivity contribution in [2.45, 2.75) is 13.8 Å². The molecule has 0 aliphatic carbocycles. The highest BCUT2D eigenvalue weighted by Gasteiger charge is 2.13. The maximum absolute atomic E-state index is 4.52. The molecule has 0 saturated heterocycles. The first-order chi connectivity index (χ1) is 10.1. The number of benzene rings is 1. The van der Waals surface area contributed by atoms with E-state index in [0.29, 0.717) is 5.95 Å². The van der Waals surface area contributed by atoms with E-state index in [2.05, 4.69) is 57.7 Å². The van der Waals surface area contributed by atoms with Crippen LogP contribution >= 0.6 is 0 Å². The number of fused-ring (bicyclic) bond motifs is 1. The van der Waals surface area contributed by atoms with Gasteiger partial charge in [-0.1, -0.05) is 18.2 Å². The molecule has 3 aromatic rings. The molecule has 6 nitrogen and oxygen atoms in total. The van der Waals surface area contributed by atoms with Crippen LogP contribution in [0.4, 0.5) is 17.5 Å². The average molecular weight is 282 g/mol. The molecule has 1 aromatic carbocycles. The zero-order valence-electron chi connectivity index (χ0n) is 12.6. The SMILES string of the molecule is CNc1ncc2c(Nc3c(C)cccc3C)nn(C)c2n1. The van der Waals surface area contributed by atoms with Gasteiger partial charge in [0.1, 0.15) is 0 Å². The standard InChI is InChI=1S/C15H18N6/c1-9-6-5-7-10(2)12(9)18-13-11-8-17-15(16-3)19-14(11)21(4)20-13/h5-8H,1-4H3,(H,18,20)(H,16,17,19). The summed E-state index contributed by atoms with van der Waals surface area (Å²) in [4.78, 5) is 8.71. The van der Waals surface area contributed by atoms with Gasteiger partial charge in [0.2, 0.25) is 5.95 Å². The fourth-order valence-electron chi connectivity index (χ4n) is 2.38. The zero-order valence-corrected chi connectivity index (χ0v) is 12.6. The van der Waals surface area contributed by atoms with Crippen LogP contribution in [0.25, 0.3) is 11.0 Å². The van der Waals surface area contributed by atoms with Crippen LogP contribution in [0.2, 0.25) is 0 Å². The molecule has 21 heavy (non-hydrogen) atoms. The molecular weight excluding hydrogens is 264 g/mol. The first-order valence-electron chi connectivity index (χ1n) is 6.81. The Hall–Kier alpha value is -2.63. The van der Waals surface area contributed by atoms with Gasteiger partial charge >= 0.3 is 0 Å². The highest BCUT2D eigenvalue weighted by molar-refractivity contribution is 5.90. The molecule has 0 bridgehead atoms. The Morgan fingerprint density at radius 3 is 2.52 bits per heavy atom. The van der Waals surface area contributed by atoms with E-state index >= 15 is 0 Å². The maximum atomic E-state index is 4.52. The van der Waals surface area contributed by atoms with Crippen molar-refractivity contribution in [3.8, 4) is 0 Å². The molecule has 0 aliphatic rings. The molecule has 0 amide bonds. The van der Waals surface area contributed by atoms with E-state index in [9.17, 15) is 0 Å². The molecule has 2 heterocycles. The monoisotopic (exact) mass is 282 g/mol. The molecule has 2 N–H and O–H groups in total. The number of rotatable bonds is 3. The van der Waals surface area contributed by atoms with Crippen molar-refractivity contribution in [3.05, 3.63) is 35.5 Å². The van der Waals surface area contributed by atoms with Crippen molar-refractivity contribution in [3.63, 3.8) is 0 Å². The Morgan fingerprint density at radius 1 is 1.14 bits per heavy atom. The second-order valence-electron chi connectivity index (χ2n) is 5.04. The quantitative estimate of drug-likeness (QED) is 0.773. The minimum Gasteiger partial charge on any atom is -0.357 e. The largest absolute Gasteiger partial charge is 0.357 e. The first kappa shape index (κ1) is 13.4. The Kier molecular flexibility index (Phi) is 3.21. The molecular formula is C15H18N6. The van der Waals surface area contributed by atoms with Crippen molar-refractivity contribution in [2.75, 3.05) is 17.7 Å². The molecule has 0 spiro atoms. The van der Waals surface area contributed by atoms with Gasteiger partial charge in [0, 0.05) is 26.0 Å². The topological polar surface area (TPSA) is 67.7 Å². The van der Waals surface area contributed by atoms with E-state index in [1.54, 1.807) is 17.9 Å². The van der Waals surface area contributed by atoms with Gasteiger partial charge in [-0.2, -0.15) is 10.1 Å². The van der Waals surface area contributed by atoms with Crippen LogP contribution in [0.1, 0.15) is 11.1 Å². The van der Waals surface area contributed by atoms with Crippen LogP contribution in [0, 0.1) is 13.8 Å². The number of para-hydroxylation sites is 1. The smallest absolute Gasteiger partial charge is 0.224 e. The summed E-state index contributed by atoms with van der Waals surface area (Å²) in [5.41, 5.74) is 4.24. The van der Waals surface area contributed by atoms with E-state index in [0.717, 1.165) is 22.5 Å². The molecule has 0 unspecified atom stereocenters. The normalized spacial score (nSPS) is 10.9. The predicted octanol–water partition coefficient (Wildman–Crippen LogP) is 2.77. The summed E-state index contributed by atoms with van der Waals surface area (Å²) < 4.78 is 1.76. The van der Waals surface area contributed by atoms with Gasteiger partial charge in [0.25, 0.3) is 0 Å². The third-order valence-corrected chi connectivity index (χ3v) is 3.53. The summed E-state index contributed by atoms with van der Waals surface area (Å²) in [5, 5.41) is 11.8. The number of hydrogen-bond donors (Lipinski definition) is 2. The predicted molar refractivity (Wildman–Crippen MR) is 85.0 cm³/mol. The van der Waals surface area contributed by atoms with Crippen molar-refractivity contribution < 1.29 is 0 Å². The van der Waals surface area contributed by atoms with E-state index in [-0.39, 0.29) is 0 Å². The van der Waals surface area contributed by atoms with Gasteiger partial charge in [-0.05, 0) is 25.0 Å². The molecule has 0 fully saturated rings. The molecule has 2 aromatic heterocycles. The lowest BCUT2D eigenvalue weighted by molar-refractivity contribution is 0.789. The van der Waals surface area contributed by atoms with Gasteiger partial charge in [0.15, 0.2) is 11.5 Å². The summed E-state index contributed by atoms with van der Waals surface area (Å²) in [7, 11) is 3.68. The summed E-state index contributed by atoms with van der Waals surface area (Å²) in [6, 6.07) is 6.21. The van der Waals surface area contributed by atoms with Crippen LogP contribution in [0.15, 0.2) is 24.4 Å². The number of nitrogens with zero attached hydrogens (tertiary/aromatic N) is 4. The Balaban J connectivity index is 2.09. The molecule has 0 saturated carbocycles. The van der Waals surface area contributed by atoms with E-state index in [1.165, 1.54) is 11.1 Å². The van der Waals surface area contributed by atoms with Crippen molar-refractivity contribution in [1.82, 2.24) is 19.7 Å². The third kappa shape index (κ3) is 2.29. The highest BCUT2D eigenvalue weighted by atomic mass is 15.3. The molecule has 108 valence electrons. The Morgan fingerprint density at radius 2 is 1.86 bits per heavy atom. The second kappa shape index (κ2) is 5.05. The maximum Gasteiger partial charge on any atom is 0.224 e. The Labute approximate surface area is 123 Å². The number of aryl methyl sites for hydroxylation is 3. The number of aromatic nitrogens is 4. The second-order valence-corrected chi connectivity index (χ2v) is 5.04. The van der Waals surface area contributed by atoms with Gasteiger partial charge in [-0.15, -0.1) is 0 Å². The fraction of sp³-hybridized carbons (Fsp3) is 0.267. The van der Waals surface area contributed by atoms with Gasteiger partial charge in [-0.25, -0.2) is 9.67 Å². The molecule has 0 aliphatic heterocycles. The summed E-state index contributed by atoms with van der Waals surface area (Å²) >= 11 is 0. The van der Waals surface area contributed by atoms with Crippen LogP contribution in [0.5, 0.6) is 0 Å². The lowest BCUT2D eigenvalue weighted by Crippen LogP contribution is -1.98. The van der Waals surface area contributed by atoms with Crippen LogP contribution in [0.3, 0.4) is 0 Å². The number of anilines is 3. The van der Waals surface area contributed by atoms with Crippen molar-refractivity contribution in [2.24, 2.45) is 7.05 Å². The average Bonchev–Trinajstić information content (AvgIpc) is 2.79. The minimum atomic E-state index is 0.587. The van der Waals surface area contributed by atoms with Gasteiger partial charge < -0.3 is 10.6 Å². The summed E-state index contributed by atoms with van der Waals surface area (Å²) in [6.45, 7) is 4.16. The summed E-state index contributed by atoms with van der Waals surface area (Å²) in [6.07, 6.45) is 1.79. The van der Waals surface area contributed by atoms with Gasteiger partial charge in [0.05, 0.1) is 5.39 Å². The minimum absolute atomic E-state index is 0.587. The van der Waals surface area contributed by atoms with Crippen molar-refractivity contribution >= 4 is 28.5 Å². The number of hydrogen-bond acceptors (Lipinski definition) is 5. The lowest BCUT2D eigenvalue weighted by Gasteiger charge is -2.10. The van der Waals surface area contributed by atoms with Crippen LogP contribution in [-0.4, -0.2) is 26.8 Å². The molecule has 0 atom stereocenters. The van der Waals surface area contributed by atoms with Gasteiger partial charge in [-0.3, -0.25) is 0 Å². The van der Waals surface area contributed by atoms with E-state index in [1.807, 2.05) is 7.05 Å². The highest BCUT2D eigenvalue weighted by Crippen LogP contribution is 2.28. The molecule has 3 rings (SSSR count). The molecule has 6 heteroatoms. The zero-order chi connectivity index (χ0) is 15.0. The fourth-order valence-corrected chi connectivity index (χ4v) is 2.38. The molecule has 0 radical (unpaired) electrons.